The van der Waals surface area contributed by atoms with Crippen LogP contribution in [0.2, 0.25) is 0 Å². The van der Waals surface area contributed by atoms with E-state index in [1.54, 1.807) is 12.0 Å². The number of rotatable bonds is 4. The molecule has 1 aliphatic heterocycles. The van der Waals surface area contributed by atoms with Crippen molar-refractivity contribution >= 4 is 6.09 Å². The molecule has 1 heterocycles. The average Bonchev–Trinajstić information content (AvgIpc) is 2.97. The van der Waals surface area contributed by atoms with Crippen molar-refractivity contribution in [1.82, 2.24) is 10.3 Å². The van der Waals surface area contributed by atoms with Gasteiger partial charge in [0, 0.05) is 13.1 Å². The van der Waals surface area contributed by atoms with Crippen LogP contribution in [0.3, 0.4) is 0 Å². The molecule has 1 fully saturated rings. The normalized spacial score (nSPS) is 19.5. The number of hydrogen-bond acceptors (Lipinski definition) is 5. The average molecular weight is 321 g/mol. The first kappa shape index (κ1) is 17.6. The van der Waals surface area contributed by atoms with Crippen LogP contribution < -0.4 is 16.0 Å². The van der Waals surface area contributed by atoms with Crippen LogP contribution in [0.4, 0.5) is 4.79 Å². The summed E-state index contributed by atoms with van der Waals surface area (Å²) in [4.78, 5) is 13.9. The molecular formula is C17H27N3O3. The number of hydrogen-bond donors (Lipinski definition) is 2. The summed E-state index contributed by atoms with van der Waals surface area (Å²) in [5, 5.41) is 0. The second-order valence-electron chi connectivity index (χ2n) is 6.89. The third kappa shape index (κ3) is 4.59. The van der Waals surface area contributed by atoms with E-state index >= 15 is 0 Å². The van der Waals surface area contributed by atoms with Crippen LogP contribution in [-0.2, 0) is 4.74 Å². The number of nitrogens with one attached hydrogen (secondary N) is 1. The molecule has 2 atom stereocenters. The molecule has 1 aromatic carbocycles. The highest BCUT2D eigenvalue weighted by Gasteiger charge is 2.34. The molecule has 0 radical (unpaired) electrons. The van der Waals surface area contributed by atoms with Crippen molar-refractivity contribution in [2.75, 3.05) is 20.2 Å². The Balaban J connectivity index is 2.01. The van der Waals surface area contributed by atoms with Gasteiger partial charge in [-0.1, -0.05) is 12.1 Å². The van der Waals surface area contributed by atoms with Gasteiger partial charge in [0.25, 0.3) is 0 Å². The number of carbonyl (C=O) groups is 1. The maximum absolute atomic E-state index is 12.2. The Morgan fingerprint density at radius 3 is 2.52 bits per heavy atom. The second kappa shape index (κ2) is 7.19. The number of carbonyl (C=O) groups excluding carboxylic acids is 1. The summed E-state index contributed by atoms with van der Waals surface area (Å²) in [6.45, 7) is 6.95. The highest BCUT2D eigenvalue weighted by atomic mass is 16.6. The van der Waals surface area contributed by atoms with Gasteiger partial charge in [-0.3, -0.25) is 11.3 Å². The van der Waals surface area contributed by atoms with E-state index in [1.807, 2.05) is 45.0 Å². The highest BCUT2D eigenvalue weighted by Crippen LogP contribution is 2.31. The molecule has 3 N–H and O–H groups in total. The first-order chi connectivity index (χ1) is 10.8. The predicted octanol–water partition coefficient (Wildman–Crippen LogP) is 2.46. The zero-order valence-corrected chi connectivity index (χ0v) is 14.3. The minimum Gasteiger partial charge on any atom is -0.497 e. The molecule has 0 saturated carbocycles. The third-order valence-electron chi connectivity index (χ3n) is 4.00. The Kier molecular flexibility index (Phi) is 5.49. The molecule has 0 aliphatic carbocycles. The van der Waals surface area contributed by atoms with Gasteiger partial charge in [0.2, 0.25) is 0 Å². The van der Waals surface area contributed by atoms with Gasteiger partial charge in [-0.15, -0.1) is 0 Å². The van der Waals surface area contributed by atoms with Crippen molar-refractivity contribution < 1.29 is 14.3 Å². The molecule has 6 nitrogen and oxygen atoms in total. The van der Waals surface area contributed by atoms with Crippen LogP contribution in [-0.4, -0.2) is 36.8 Å². The van der Waals surface area contributed by atoms with E-state index in [0.29, 0.717) is 13.1 Å². The molecule has 128 valence electrons. The molecule has 1 aliphatic rings. The molecule has 2 unspecified atom stereocenters. The fraction of sp³-hybridized carbons (Fsp3) is 0.588. The lowest BCUT2D eigenvalue weighted by atomic mass is 9.93. The molecule has 0 spiro atoms. The van der Waals surface area contributed by atoms with E-state index in [-0.39, 0.29) is 18.1 Å². The van der Waals surface area contributed by atoms with Crippen LogP contribution in [0.25, 0.3) is 0 Å². The quantitative estimate of drug-likeness (QED) is 0.658. The number of ether oxygens (including phenoxy) is 2. The van der Waals surface area contributed by atoms with Crippen molar-refractivity contribution in [2.45, 2.75) is 38.8 Å². The van der Waals surface area contributed by atoms with Gasteiger partial charge in [-0.25, -0.2) is 4.79 Å². The van der Waals surface area contributed by atoms with Gasteiger partial charge < -0.3 is 14.4 Å². The van der Waals surface area contributed by atoms with Gasteiger partial charge in [-0.2, -0.15) is 0 Å². The summed E-state index contributed by atoms with van der Waals surface area (Å²) in [7, 11) is 1.64. The standard InChI is InChI=1S/C17H27N3O3/c1-17(2,3)23-16(21)20-10-9-13(11-20)15(19-18)12-5-7-14(22-4)8-6-12/h5-8,13,15,19H,9-11,18H2,1-4H3. The Hall–Kier alpha value is -1.79. The van der Waals surface area contributed by atoms with Crippen LogP contribution >= 0.6 is 0 Å². The van der Waals surface area contributed by atoms with Crippen LogP contribution in [0.15, 0.2) is 24.3 Å². The van der Waals surface area contributed by atoms with E-state index < -0.39 is 5.60 Å². The number of benzene rings is 1. The van der Waals surface area contributed by atoms with Crippen LogP contribution in [0.1, 0.15) is 38.8 Å². The fourth-order valence-corrected chi connectivity index (χ4v) is 2.87. The minimum atomic E-state index is -0.476. The Bertz CT molecular complexity index is 525. The van der Waals surface area contributed by atoms with Gasteiger partial charge in [0.15, 0.2) is 0 Å². The molecule has 2 rings (SSSR count). The number of nitrogens with zero attached hydrogens (tertiary/aromatic N) is 1. The van der Waals surface area contributed by atoms with E-state index in [1.165, 1.54) is 0 Å². The van der Waals surface area contributed by atoms with Crippen molar-refractivity contribution in [3.63, 3.8) is 0 Å². The lowest BCUT2D eigenvalue weighted by Gasteiger charge is -2.26. The monoisotopic (exact) mass is 321 g/mol. The lowest BCUT2D eigenvalue weighted by molar-refractivity contribution is 0.0285. The van der Waals surface area contributed by atoms with E-state index in [2.05, 4.69) is 5.43 Å². The molecule has 1 amide bonds. The number of hydrazine groups is 1. The Labute approximate surface area is 137 Å². The van der Waals surface area contributed by atoms with Crippen molar-refractivity contribution in [2.24, 2.45) is 11.8 Å². The fourth-order valence-electron chi connectivity index (χ4n) is 2.87. The van der Waals surface area contributed by atoms with E-state index in [9.17, 15) is 4.79 Å². The first-order valence-electron chi connectivity index (χ1n) is 7.92. The number of methoxy groups -OCH3 is 1. The zero-order valence-electron chi connectivity index (χ0n) is 14.3. The van der Waals surface area contributed by atoms with Gasteiger partial charge >= 0.3 is 6.09 Å². The number of likely N-dealkylation sites (tertiary alicyclic amines) is 1. The van der Waals surface area contributed by atoms with Crippen molar-refractivity contribution in [3.05, 3.63) is 29.8 Å². The van der Waals surface area contributed by atoms with Gasteiger partial charge in [0.05, 0.1) is 13.2 Å². The molecular weight excluding hydrogens is 294 g/mol. The Morgan fingerprint density at radius 2 is 2.00 bits per heavy atom. The summed E-state index contributed by atoms with van der Waals surface area (Å²) in [6.07, 6.45) is 0.630. The van der Waals surface area contributed by atoms with Crippen molar-refractivity contribution in [1.29, 1.82) is 0 Å². The van der Waals surface area contributed by atoms with Gasteiger partial charge in [-0.05, 0) is 50.8 Å². The molecule has 6 heteroatoms. The first-order valence-corrected chi connectivity index (χ1v) is 7.92. The van der Waals surface area contributed by atoms with E-state index in [0.717, 1.165) is 17.7 Å². The maximum Gasteiger partial charge on any atom is 0.410 e. The SMILES string of the molecule is COc1ccc(C(NN)C2CCN(C(=O)OC(C)(C)C)C2)cc1. The minimum absolute atomic E-state index is 0.00616. The predicted molar refractivity (Wildman–Crippen MR) is 89.0 cm³/mol. The summed E-state index contributed by atoms with van der Waals surface area (Å²) in [5.41, 5.74) is 3.50. The third-order valence-corrected chi connectivity index (χ3v) is 4.00. The summed E-state index contributed by atoms with van der Waals surface area (Å²) in [5.74, 6) is 6.82. The molecule has 1 aromatic rings. The van der Waals surface area contributed by atoms with E-state index in [4.69, 9.17) is 15.3 Å². The summed E-state index contributed by atoms with van der Waals surface area (Å²) >= 11 is 0. The molecule has 23 heavy (non-hydrogen) atoms. The Morgan fingerprint density at radius 1 is 1.35 bits per heavy atom. The second-order valence-corrected chi connectivity index (χ2v) is 6.89. The smallest absolute Gasteiger partial charge is 0.410 e. The molecule has 1 saturated heterocycles. The number of nitrogens with two attached hydrogens (primary N) is 1. The molecule has 0 aromatic heterocycles. The lowest BCUT2D eigenvalue weighted by Crippen LogP contribution is -2.38. The topological polar surface area (TPSA) is 76.8 Å². The highest BCUT2D eigenvalue weighted by molar-refractivity contribution is 5.68. The summed E-state index contributed by atoms with van der Waals surface area (Å²) in [6, 6.07) is 7.83. The molecule has 0 bridgehead atoms. The maximum atomic E-state index is 12.2. The number of amides is 1. The van der Waals surface area contributed by atoms with Crippen molar-refractivity contribution in [3.8, 4) is 5.75 Å². The van der Waals surface area contributed by atoms with Crippen LogP contribution in [0, 0.1) is 5.92 Å². The van der Waals surface area contributed by atoms with Crippen LogP contribution in [0.5, 0.6) is 5.75 Å². The van der Waals surface area contributed by atoms with Gasteiger partial charge in [0.1, 0.15) is 11.4 Å². The largest absolute Gasteiger partial charge is 0.497 e. The zero-order chi connectivity index (χ0) is 17.0. The summed E-state index contributed by atoms with van der Waals surface area (Å²) < 4.78 is 10.6.